The minimum atomic E-state index is -1.24. The summed E-state index contributed by atoms with van der Waals surface area (Å²) in [6.45, 7) is -0.0938. The lowest BCUT2D eigenvalue weighted by molar-refractivity contribution is 0.355. The van der Waals surface area contributed by atoms with Crippen LogP contribution in [-0.2, 0) is 0 Å². The van der Waals surface area contributed by atoms with Crippen molar-refractivity contribution in [3.05, 3.63) is 35.8 Å². The Morgan fingerprint density at radius 3 is 2.93 bits per heavy atom. The molecule has 0 aliphatic heterocycles. The van der Waals surface area contributed by atoms with E-state index >= 15 is 0 Å². The number of H-pyrrole nitrogens is 1. The number of fused-ring (bicyclic) bond motifs is 1. The van der Waals surface area contributed by atoms with E-state index in [0.717, 1.165) is 5.52 Å². The number of rotatable bonds is 2. The number of nitrogens with two attached hydrogens (primary N) is 1. The quantitative estimate of drug-likeness (QED) is 0.760. The standard InChI is InChI=1S/C10H10F2N2/c11-6-1-2-10-7(3-6)8(5-14-10)9(12)4-13/h1-3,5,9,14H,4,13H2. The van der Waals surface area contributed by atoms with Crippen molar-refractivity contribution in [3.63, 3.8) is 0 Å². The average Bonchev–Trinajstić information content (AvgIpc) is 2.59. The zero-order valence-corrected chi connectivity index (χ0v) is 7.43. The van der Waals surface area contributed by atoms with Crippen molar-refractivity contribution in [2.75, 3.05) is 6.54 Å². The number of halogens is 2. The van der Waals surface area contributed by atoms with E-state index in [2.05, 4.69) is 4.98 Å². The first-order chi connectivity index (χ1) is 6.72. The van der Waals surface area contributed by atoms with Crippen molar-refractivity contribution in [3.8, 4) is 0 Å². The number of hydrogen-bond acceptors (Lipinski definition) is 1. The summed E-state index contributed by atoms with van der Waals surface area (Å²) in [5, 5.41) is 0.558. The van der Waals surface area contributed by atoms with Crippen LogP contribution >= 0.6 is 0 Å². The molecule has 0 bridgehead atoms. The summed E-state index contributed by atoms with van der Waals surface area (Å²) in [5.74, 6) is -0.373. The topological polar surface area (TPSA) is 41.8 Å². The minimum absolute atomic E-state index is 0.0938. The molecule has 74 valence electrons. The van der Waals surface area contributed by atoms with Crippen molar-refractivity contribution >= 4 is 10.9 Å². The molecule has 2 rings (SSSR count). The molecule has 1 aromatic carbocycles. The van der Waals surface area contributed by atoms with Crippen LogP contribution < -0.4 is 5.73 Å². The summed E-state index contributed by atoms with van der Waals surface area (Å²) in [5.41, 5.74) is 6.35. The summed E-state index contributed by atoms with van der Waals surface area (Å²) < 4.78 is 26.2. The van der Waals surface area contributed by atoms with Gasteiger partial charge in [0.2, 0.25) is 0 Å². The molecule has 1 unspecified atom stereocenters. The molecule has 0 aliphatic rings. The Bertz CT molecular complexity index is 450. The third kappa shape index (κ3) is 1.37. The number of benzene rings is 1. The van der Waals surface area contributed by atoms with Gasteiger partial charge in [0, 0.05) is 29.2 Å². The van der Waals surface area contributed by atoms with Gasteiger partial charge in [-0.2, -0.15) is 0 Å². The van der Waals surface area contributed by atoms with Crippen LogP contribution in [0.25, 0.3) is 10.9 Å². The summed E-state index contributed by atoms with van der Waals surface area (Å²) in [7, 11) is 0. The second-order valence-electron chi connectivity index (χ2n) is 3.14. The van der Waals surface area contributed by atoms with E-state index in [1.54, 1.807) is 6.07 Å². The Morgan fingerprint density at radius 1 is 1.43 bits per heavy atom. The molecule has 0 aliphatic carbocycles. The first-order valence-corrected chi connectivity index (χ1v) is 4.33. The second kappa shape index (κ2) is 3.38. The van der Waals surface area contributed by atoms with Crippen LogP contribution in [0.4, 0.5) is 8.78 Å². The predicted octanol–water partition coefficient (Wildman–Crippen LogP) is 2.28. The van der Waals surface area contributed by atoms with Crippen molar-refractivity contribution < 1.29 is 8.78 Å². The molecule has 3 N–H and O–H groups in total. The Hall–Kier alpha value is -1.42. The van der Waals surface area contributed by atoms with Gasteiger partial charge in [-0.3, -0.25) is 0 Å². The highest BCUT2D eigenvalue weighted by molar-refractivity contribution is 5.83. The molecular weight excluding hydrogens is 186 g/mol. The smallest absolute Gasteiger partial charge is 0.139 e. The lowest BCUT2D eigenvalue weighted by Gasteiger charge is -2.02. The van der Waals surface area contributed by atoms with Gasteiger partial charge >= 0.3 is 0 Å². The minimum Gasteiger partial charge on any atom is -0.361 e. The van der Waals surface area contributed by atoms with E-state index in [4.69, 9.17) is 5.73 Å². The van der Waals surface area contributed by atoms with Gasteiger partial charge in [0.25, 0.3) is 0 Å². The maximum Gasteiger partial charge on any atom is 0.139 e. The number of nitrogens with one attached hydrogen (secondary N) is 1. The monoisotopic (exact) mass is 196 g/mol. The number of hydrogen-bond donors (Lipinski definition) is 2. The van der Waals surface area contributed by atoms with Crippen LogP contribution in [0.2, 0.25) is 0 Å². The predicted molar refractivity (Wildman–Crippen MR) is 51.2 cm³/mol. The lowest BCUT2D eigenvalue weighted by Crippen LogP contribution is -2.06. The van der Waals surface area contributed by atoms with Crippen LogP contribution in [0, 0.1) is 5.82 Å². The molecule has 1 atom stereocenters. The molecule has 0 saturated carbocycles. The summed E-state index contributed by atoms with van der Waals surface area (Å²) in [4.78, 5) is 2.87. The number of alkyl halides is 1. The molecule has 14 heavy (non-hydrogen) atoms. The zero-order valence-electron chi connectivity index (χ0n) is 7.43. The first-order valence-electron chi connectivity index (χ1n) is 4.33. The van der Waals surface area contributed by atoms with Crippen molar-refractivity contribution in [2.24, 2.45) is 5.73 Å². The fourth-order valence-corrected chi connectivity index (χ4v) is 1.50. The van der Waals surface area contributed by atoms with E-state index in [9.17, 15) is 8.78 Å². The maximum absolute atomic E-state index is 13.3. The van der Waals surface area contributed by atoms with Crippen molar-refractivity contribution in [2.45, 2.75) is 6.17 Å². The van der Waals surface area contributed by atoms with Crippen molar-refractivity contribution in [1.29, 1.82) is 0 Å². The van der Waals surface area contributed by atoms with E-state index in [1.807, 2.05) is 0 Å². The first kappa shape index (κ1) is 9.15. The molecule has 0 amide bonds. The van der Waals surface area contributed by atoms with Gasteiger partial charge in [-0.25, -0.2) is 8.78 Å². The van der Waals surface area contributed by atoms with Crippen LogP contribution in [0.3, 0.4) is 0 Å². The molecular formula is C10H10F2N2. The Morgan fingerprint density at radius 2 is 2.21 bits per heavy atom. The third-order valence-electron chi connectivity index (χ3n) is 2.22. The van der Waals surface area contributed by atoms with E-state index in [1.165, 1.54) is 18.3 Å². The highest BCUT2D eigenvalue weighted by Gasteiger charge is 2.13. The Labute approximate surface area is 79.7 Å². The molecule has 1 heterocycles. The molecule has 1 aromatic heterocycles. The Kier molecular flexibility index (Phi) is 2.21. The molecule has 0 radical (unpaired) electrons. The van der Waals surface area contributed by atoms with Gasteiger partial charge in [-0.05, 0) is 18.2 Å². The van der Waals surface area contributed by atoms with Gasteiger partial charge < -0.3 is 10.7 Å². The highest BCUT2D eigenvalue weighted by atomic mass is 19.1. The summed E-state index contributed by atoms with van der Waals surface area (Å²) >= 11 is 0. The molecule has 2 nitrogen and oxygen atoms in total. The van der Waals surface area contributed by atoms with Gasteiger partial charge in [0.15, 0.2) is 0 Å². The number of aromatic amines is 1. The molecule has 2 aromatic rings. The average molecular weight is 196 g/mol. The third-order valence-corrected chi connectivity index (χ3v) is 2.22. The van der Waals surface area contributed by atoms with E-state index in [0.29, 0.717) is 10.9 Å². The summed E-state index contributed by atoms with van der Waals surface area (Å²) in [6, 6.07) is 4.22. The SMILES string of the molecule is NCC(F)c1c[nH]c2ccc(F)cc12. The largest absolute Gasteiger partial charge is 0.361 e. The zero-order chi connectivity index (χ0) is 10.1. The van der Waals surface area contributed by atoms with E-state index < -0.39 is 6.17 Å². The fraction of sp³-hybridized carbons (Fsp3) is 0.200. The molecule has 4 heteroatoms. The lowest BCUT2D eigenvalue weighted by atomic mass is 10.1. The van der Waals surface area contributed by atoms with Gasteiger partial charge in [-0.1, -0.05) is 0 Å². The van der Waals surface area contributed by atoms with Crippen LogP contribution in [-0.4, -0.2) is 11.5 Å². The summed E-state index contributed by atoms with van der Waals surface area (Å²) in [6.07, 6.45) is 0.285. The second-order valence-corrected chi connectivity index (χ2v) is 3.14. The number of aromatic nitrogens is 1. The Balaban J connectivity index is 2.61. The van der Waals surface area contributed by atoms with Crippen LogP contribution in [0.15, 0.2) is 24.4 Å². The molecule has 0 fully saturated rings. The van der Waals surface area contributed by atoms with Gasteiger partial charge in [-0.15, -0.1) is 0 Å². The normalized spacial score (nSPS) is 13.4. The highest BCUT2D eigenvalue weighted by Crippen LogP contribution is 2.26. The van der Waals surface area contributed by atoms with Crippen LogP contribution in [0.5, 0.6) is 0 Å². The molecule has 0 saturated heterocycles. The van der Waals surface area contributed by atoms with Gasteiger partial charge in [0.05, 0.1) is 0 Å². The maximum atomic E-state index is 13.3. The van der Waals surface area contributed by atoms with Crippen molar-refractivity contribution in [1.82, 2.24) is 4.98 Å². The van der Waals surface area contributed by atoms with Crippen LogP contribution in [0.1, 0.15) is 11.7 Å². The molecule has 0 spiro atoms. The fourth-order valence-electron chi connectivity index (χ4n) is 1.50. The van der Waals surface area contributed by atoms with E-state index in [-0.39, 0.29) is 12.4 Å². The van der Waals surface area contributed by atoms with Gasteiger partial charge in [0.1, 0.15) is 12.0 Å².